The third-order valence-electron chi connectivity index (χ3n) is 3.70. The summed E-state index contributed by atoms with van der Waals surface area (Å²) in [6, 6.07) is 7.05. The van der Waals surface area contributed by atoms with E-state index in [1.165, 1.54) is 24.9 Å². The lowest BCUT2D eigenvalue weighted by Crippen LogP contribution is -2.40. The lowest BCUT2D eigenvalue weighted by molar-refractivity contribution is 0.121. The Morgan fingerprint density at radius 3 is 2.59 bits per heavy atom. The zero-order valence-electron chi connectivity index (χ0n) is 11.3. The van der Waals surface area contributed by atoms with E-state index in [1.807, 2.05) is 0 Å². The van der Waals surface area contributed by atoms with Gasteiger partial charge < -0.3 is 0 Å². The Labute approximate surface area is 110 Å². The number of benzene rings is 1. The van der Waals surface area contributed by atoms with Gasteiger partial charge in [-0.15, -0.1) is 0 Å². The van der Waals surface area contributed by atoms with Gasteiger partial charge in [-0.25, -0.2) is 0 Å². The van der Waals surface area contributed by atoms with Gasteiger partial charge in [-0.2, -0.15) is 0 Å². The van der Waals surface area contributed by atoms with E-state index in [4.69, 9.17) is 11.6 Å². The predicted octanol–water partition coefficient (Wildman–Crippen LogP) is 4.58. The summed E-state index contributed by atoms with van der Waals surface area (Å²) in [5, 5.41) is 0.892. The smallest absolute Gasteiger partial charge is 0.0438 e. The van der Waals surface area contributed by atoms with Crippen molar-refractivity contribution in [2.24, 2.45) is 0 Å². The molecule has 0 bridgehead atoms. The Bertz CT molecular complexity index is 406. The molecule has 2 heteroatoms. The summed E-state index contributed by atoms with van der Waals surface area (Å²) in [5.41, 5.74) is 2.77. The van der Waals surface area contributed by atoms with Crippen LogP contribution in [-0.4, -0.2) is 17.0 Å². The average Bonchev–Trinajstić information content (AvgIpc) is 2.70. The molecular weight excluding hydrogens is 230 g/mol. The third kappa shape index (κ3) is 2.66. The number of likely N-dealkylation sites (tertiary alicyclic amines) is 1. The second-order valence-corrected chi connectivity index (χ2v) is 6.44. The monoisotopic (exact) mass is 251 g/mol. The van der Waals surface area contributed by atoms with Gasteiger partial charge in [0.05, 0.1) is 0 Å². The van der Waals surface area contributed by atoms with Crippen LogP contribution in [0.2, 0.25) is 5.02 Å². The van der Waals surface area contributed by atoms with Gasteiger partial charge in [0, 0.05) is 16.6 Å². The normalized spacial score (nSPS) is 22.1. The molecule has 0 aromatic heterocycles. The van der Waals surface area contributed by atoms with Crippen molar-refractivity contribution in [2.75, 3.05) is 6.54 Å². The van der Waals surface area contributed by atoms with E-state index in [0.717, 1.165) is 10.6 Å². The Morgan fingerprint density at radius 1 is 1.29 bits per heavy atom. The van der Waals surface area contributed by atoms with E-state index in [2.05, 4.69) is 50.8 Å². The van der Waals surface area contributed by atoms with E-state index < -0.39 is 0 Å². The van der Waals surface area contributed by atoms with Crippen LogP contribution in [0.3, 0.4) is 0 Å². The fraction of sp³-hybridized carbons (Fsp3) is 0.600. The second kappa shape index (κ2) is 4.62. The molecule has 2 rings (SSSR count). The SMILES string of the molecule is Cc1ccc(C2CCCN2C(C)(C)C)cc1Cl. The summed E-state index contributed by atoms with van der Waals surface area (Å²) in [4.78, 5) is 2.59. The first kappa shape index (κ1) is 12.9. The van der Waals surface area contributed by atoms with Crippen LogP contribution in [0.5, 0.6) is 0 Å². The minimum Gasteiger partial charge on any atom is -0.291 e. The van der Waals surface area contributed by atoms with Crippen LogP contribution in [0.25, 0.3) is 0 Å². The lowest BCUT2D eigenvalue weighted by Gasteiger charge is -2.37. The fourth-order valence-electron chi connectivity index (χ4n) is 2.73. The molecule has 17 heavy (non-hydrogen) atoms. The van der Waals surface area contributed by atoms with Crippen LogP contribution in [0.4, 0.5) is 0 Å². The molecule has 0 N–H and O–H groups in total. The molecule has 1 saturated heterocycles. The molecule has 1 aromatic rings. The highest BCUT2D eigenvalue weighted by Gasteiger charge is 2.33. The van der Waals surface area contributed by atoms with E-state index in [0.29, 0.717) is 6.04 Å². The minimum absolute atomic E-state index is 0.235. The Morgan fingerprint density at radius 2 is 2.00 bits per heavy atom. The molecule has 1 fully saturated rings. The maximum absolute atomic E-state index is 6.24. The molecule has 0 aliphatic carbocycles. The predicted molar refractivity (Wildman–Crippen MR) is 74.6 cm³/mol. The number of rotatable bonds is 1. The first-order valence-electron chi connectivity index (χ1n) is 6.42. The molecule has 0 saturated carbocycles. The molecule has 1 atom stereocenters. The maximum atomic E-state index is 6.24. The van der Waals surface area contributed by atoms with Crippen LogP contribution in [-0.2, 0) is 0 Å². The highest BCUT2D eigenvalue weighted by atomic mass is 35.5. The van der Waals surface area contributed by atoms with E-state index in [1.54, 1.807) is 0 Å². The standard InChI is InChI=1S/C15H22ClN/c1-11-7-8-12(10-13(11)16)14-6-5-9-17(14)15(2,3)4/h7-8,10,14H,5-6,9H2,1-4H3. The lowest BCUT2D eigenvalue weighted by atomic mass is 9.98. The zero-order valence-corrected chi connectivity index (χ0v) is 12.0. The van der Waals surface area contributed by atoms with Crippen LogP contribution >= 0.6 is 11.6 Å². The van der Waals surface area contributed by atoms with E-state index >= 15 is 0 Å². The van der Waals surface area contributed by atoms with Crippen molar-refractivity contribution in [2.45, 2.75) is 52.1 Å². The molecule has 1 heterocycles. The van der Waals surface area contributed by atoms with E-state index in [9.17, 15) is 0 Å². The molecule has 0 amide bonds. The van der Waals surface area contributed by atoms with E-state index in [-0.39, 0.29) is 5.54 Å². The van der Waals surface area contributed by atoms with Crippen molar-refractivity contribution in [3.8, 4) is 0 Å². The molecule has 1 aliphatic rings. The summed E-state index contributed by atoms with van der Waals surface area (Å²) in [7, 11) is 0. The number of nitrogens with zero attached hydrogens (tertiary/aromatic N) is 1. The van der Waals surface area contributed by atoms with Crippen molar-refractivity contribution < 1.29 is 0 Å². The number of aryl methyl sites for hydroxylation is 1. The number of halogens is 1. The molecule has 0 spiro atoms. The molecule has 1 nitrogen and oxygen atoms in total. The Kier molecular flexibility index (Phi) is 3.51. The fourth-order valence-corrected chi connectivity index (χ4v) is 2.92. The topological polar surface area (TPSA) is 3.24 Å². The first-order chi connectivity index (χ1) is 7.89. The summed E-state index contributed by atoms with van der Waals surface area (Å²) < 4.78 is 0. The zero-order chi connectivity index (χ0) is 12.6. The highest BCUT2D eigenvalue weighted by molar-refractivity contribution is 6.31. The van der Waals surface area contributed by atoms with Gasteiger partial charge in [0.25, 0.3) is 0 Å². The maximum Gasteiger partial charge on any atom is 0.0438 e. The minimum atomic E-state index is 0.235. The van der Waals surface area contributed by atoms with Gasteiger partial charge in [0.2, 0.25) is 0 Å². The Balaban J connectivity index is 2.29. The molecule has 0 radical (unpaired) electrons. The van der Waals surface area contributed by atoms with Crippen molar-refractivity contribution in [3.63, 3.8) is 0 Å². The Hall–Kier alpha value is -0.530. The summed E-state index contributed by atoms with van der Waals surface area (Å²) in [6.07, 6.45) is 2.53. The van der Waals surface area contributed by atoms with Crippen LogP contribution < -0.4 is 0 Å². The third-order valence-corrected chi connectivity index (χ3v) is 4.10. The highest BCUT2D eigenvalue weighted by Crippen LogP contribution is 2.38. The van der Waals surface area contributed by atoms with Crippen LogP contribution in [0.15, 0.2) is 18.2 Å². The van der Waals surface area contributed by atoms with Gasteiger partial charge in [0.15, 0.2) is 0 Å². The van der Waals surface area contributed by atoms with Crippen molar-refractivity contribution in [1.29, 1.82) is 0 Å². The molecule has 94 valence electrons. The van der Waals surface area contributed by atoms with Gasteiger partial charge in [0.1, 0.15) is 0 Å². The van der Waals surface area contributed by atoms with Gasteiger partial charge in [-0.1, -0.05) is 23.7 Å². The molecule has 1 aromatic carbocycles. The van der Waals surface area contributed by atoms with Gasteiger partial charge in [-0.05, 0) is 64.3 Å². The average molecular weight is 252 g/mol. The van der Waals surface area contributed by atoms with Crippen molar-refractivity contribution in [1.82, 2.24) is 4.90 Å². The van der Waals surface area contributed by atoms with Crippen LogP contribution in [0, 0.1) is 6.92 Å². The molecular formula is C15H22ClN. The molecule has 1 unspecified atom stereocenters. The first-order valence-corrected chi connectivity index (χ1v) is 6.80. The summed E-state index contributed by atoms with van der Waals surface area (Å²) in [6.45, 7) is 10.1. The molecule has 1 aliphatic heterocycles. The number of hydrogen-bond donors (Lipinski definition) is 0. The van der Waals surface area contributed by atoms with Crippen molar-refractivity contribution >= 4 is 11.6 Å². The van der Waals surface area contributed by atoms with Gasteiger partial charge in [-0.3, -0.25) is 4.90 Å². The summed E-state index contributed by atoms with van der Waals surface area (Å²) in [5.74, 6) is 0. The van der Waals surface area contributed by atoms with Crippen LogP contribution in [0.1, 0.15) is 50.8 Å². The quantitative estimate of drug-likeness (QED) is 0.706. The van der Waals surface area contributed by atoms with Gasteiger partial charge >= 0.3 is 0 Å². The summed E-state index contributed by atoms with van der Waals surface area (Å²) >= 11 is 6.24. The largest absolute Gasteiger partial charge is 0.291 e. The second-order valence-electron chi connectivity index (χ2n) is 6.03. The van der Waals surface area contributed by atoms with Crippen molar-refractivity contribution in [3.05, 3.63) is 34.3 Å². The number of hydrogen-bond acceptors (Lipinski definition) is 1.